The summed E-state index contributed by atoms with van der Waals surface area (Å²) in [6.07, 6.45) is 7.62. The average Bonchev–Trinajstić information content (AvgIpc) is 3.59. The molecular formula is C25H22N6O5. The van der Waals surface area contributed by atoms with Crippen molar-refractivity contribution in [2.75, 3.05) is 20.2 Å². The number of fused-ring (bicyclic) bond motifs is 2. The van der Waals surface area contributed by atoms with E-state index in [2.05, 4.69) is 25.8 Å². The highest BCUT2D eigenvalue weighted by Gasteiger charge is 2.52. The molecule has 0 saturated carbocycles. The quantitative estimate of drug-likeness (QED) is 0.469. The smallest absolute Gasteiger partial charge is 0.322 e. The molecule has 1 aromatic carbocycles. The minimum Gasteiger partial charge on any atom is -0.497 e. The zero-order chi connectivity index (χ0) is 24.9. The third kappa shape index (κ3) is 3.47. The number of ether oxygens (including phenoxy) is 1. The molecule has 3 N–H and O–H groups in total. The Morgan fingerprint density at radius 2 is 2.06 bits per heavy atom. The van der Waals surface area contributed by atoms with E-state index in [0.29, 0.717) is 36.6 Å². The second-order valence-electron chi connectivity index (χ2n) is 8.84. The molecule has 0 spiro atoms. The minimum atomic E-state index is -1.57. The lowest BCUT2D eigenvalue weighted by Crippen LogP contribution is -2.55. The molecule has 1 atom stereocenters. The maximum absolute atomic E-state index is 13.4. The number of rotatable bonds is 5. The summed E-state index contributed by atoms with van der Waals surface area (Å²) in [7, 11) is 1.54. The summed E-state index contributed by atoms with van der Waals surface area (Å²) in [5.41, 5.74) is 2.20. The van der Waals surface area contributed by atoms with Gasteiger partial charge in [0.2, 0.25) is 0 Å². The van der Waals surface area contributed by atoms with E-state index >= 15 is 0 Å². The monoisotopic (exact) mass is 486 g/mol. The van der Waals surface area contributed by atoms with Crippen molar-refractivity contribution in [3.05, 3.63) is 76.5 Å². The van der Waals surface area contributed by atoms with Crippen molar-refractivity contribution >= 4 is 29.6 Å². The molecule has 0 unspecified atom stereocenters. The third-order valence-electron chi connectivity index (χ3n) is 6.72. The van der Waals surface area contributed by atoms with Gasteiger partial charge in [0.1, 0.15) is 17.3 Å². The largest absolute Gasteiger partial charge is 0.497 e. The molecule has 0 aliphatic carbocycles. The minimum absolute atomic E-state index is 0.0836. The lowest BCUT2D eigenvalue weighted by Gasteiger charge is -2.34. The fraction of sp³-hybridized carbons (Fsp3) is 0.240. The van der Waals surface area contributed by atoms with Crippen molar-refractivity contribution < 1.29 is 23.5 Å². The topological polar surface area (TPSA) is 142 Å². The van der Waals surface area contributed by atoms with Crippen molar-refractivity contribution in [1.29, 1.82) is 0 Å². The van der Waals surface area contributed by atoms with Gasteiger partial charge in [0.25, 0.3) is 11.8 Å². The fourth-order valence-electron chi connectivity index (χ4n) is 4.79. The number of benzene rings is 1. The van der Waals surface area contributed by atoms with Gasteiger partial charge in [0, 0.05) is 29.4 Å². The molecule has 2 aromatic heterocycles. The van der Waals surface area contributed by atoms with Crippen LogP contribution in [0.3, 0.4) is 0 Å². The molecule has 4 amide bonds. The lowest BCUT2D eigenvalue weighted by molar-refractivity contribution is -0.125. The van der Waals surface area contributed by atoms with Crippen LogP contribution in [0.5, 0.6) is 5.75 Å². The van der Waals surface area contributed by atoms with Crippen LogP contribution in [0, 0.1) is 0 Å². The normalized spacial score (nSPS) is 20.9. The number of carbonyl (C=O) groups is 3. The van der Waals surface area contributed by atoms with Gasteiger partial charge in [-0.1, -0.05) is 6.07 Å². The second kappa shape index (κ2) is 8.22. The predicted molar refractivity (Wildman–Crippen MR) is 128 cm³/mol. The van der Waals surface area contributed by atoms with Gasteiger partial charge >= 0.3 is 6.03 Å². The molecule has 11 nitrogen and oxygen atoms in total. The molecule has 36 heavy (non-hydrogen) atoms. The van der Waals surface area contributed by atoms with Crippen LogP contribution >= 0.6 is 0 Å². The number of allylic oxidation sites excluding steroid dienone is 1. The molecule has 0 bridgehead atoms. The first-order valence-electron chi connectivity index (χ1n) is 11.4. The summed E-state index contributed by atoms with van der Waals surface area (Å²) in [5, 5.41) is 11.7. The molecular weight excluding hydrogens is 464 g/mol. The van der Waals surface area contributed by atoms with Gasteiger partial charge < -0.3 is 19.4 Å². The Morgan fingerprint density at radius 3 is 2.81 bits per heavy atom. The van der Waals surface area contributed by atoms with Gasteiger partial charge in [0.05, 0.1) is 32.1 Å². The Bertz CT molecular complexity index is 1450. The predicted octanol–water partition coefficient (Wildman–Crippen LogP) is 1.76. The lowest BCUT2D eigenvalue weighted by atomic mass is 9.92. The van der Waals surface area contributed by atoms with Crippen LogP contribution in [-0.4, -0.2) is 58.9 Å². The first kappa shape index (κ1) is 21.8. The zero-order valence-electron chi connectivity index (χ0n) is 19.3. The Labute approximate surface area is 205 Å². The van der Waals surface area contributed by atoms with E-state index < -0.39 is 17.5 Å². The molecule has 1 fully saturated rings. The van der Waals surface area contributed by atoms with Gasteiger partial charge in [-0.25, -0.2) is 4.79 Å². The number of amides is 4. The molecule has 3 aliphatic rings. The van der Waals surface area contributed by atoms with Gasteiger partial charge in [-0.2, -0.15) is 5.10 Å². The number of aromatic amines is 1. The van der Waals surface area contributed by atoms with Gasteiger partial charge in [-0.3, -0.25) is 25.0 Å². The van der Waals surface area contributed by atoms with Crippen LogP contribution in [-0.2, 0) is 23.3 Å². The highest BCUT2D eigenvalue weighted by Crippen LogP contribution is 2.34. The number of imide groups is 1. The van der Waals surface area contributed by atoms with Gasteiger partial charge in [-0.15, -0.1) is 0 Å². The molecule has 0 radical (unpaired) electrons. The molecule has 5 heterocycles. The number of nitrogens with one attached hydrogen (secondary N) is 3. The number of H-pyrrole nitrogens is 1. The molecule has 11 heteroatoms. The standard InChI is InChI=1S/C25H22N6O5/c1-35-17-3-2-14-6-7-31(22(32)18(14)9-17)13-25(23(33)29-24(34)30-25)21-8-15-10-26-19(4-5-20(15)36-21)16-11-27-28-12-16/h2-5,8-9,11-12H,6-7,10,13H2,1H3,(H,27,28)(H2,29,30,33,34)/t25-/m0/s1. The fourth-order valence-corrected chi connectivity index (χ4v) is 4.79. The third-order valence-corrected chi connectivity index (χ3v) is 6.72. The highest BCUT2D eigenvalue weighted by atomic mass is 16.5. The Kier molecular flexibility index (Phi) is 4.99. The molecule has 6 rings (SSSR count). The zero-order valence-corrected chi connectivity index (χ0v) is 19.3. The number of furan rings is 1. The summed E-state index contributed by atoms with van der Waals surface area (Å²) in [5.74, 6) is 0.521. The summed E-state index contributed by atoms with van der Waals surface area (Å²) in [6.45, 7) is 0.620. The number of aromatic nitrogens is 2. The van der Waals surface area contributed by atoms with Crippen molar-refractivity contribution in [2.24, 2.45) is 4.99 Å². The van der Waals surface area contributed by atoms with Crippen molar-refractivity contribution in [1.82, 2.24) is 25.7 Å². The van der Waals surface area contributed by atoms with Crippen molar-refractivity contribution in [3.8, 4) is 5.75 Å². The Balaban J connectivity index is 1.33. The molecule has 182 valence electrons. The Morgan fingerprint density at radius 1 is 1.17 bits per heavy atom. The van der Waals surface area contributed by atoms with Crippen LogP contribution in [0.2, 0.25) is 0 Å². The first-order valence-corrected chi connectivity index (χ1v) is 11.4. The van der Waals surface area contributed by atoms with E-state index in [1.54, 1.807) is 35.5 Å². The highest BCUT2D eigenvalue weighted by molar-refractivity contribution is 6.11. The van der Waals surface area contributed by atoms with E-state index in [0.717, 1.165) is 22.4 Å². The molecule has 3 aliphatic heterocycles. The second-order valence-corrected chi connectivity index (χ2v) is 8.84. The summed E-state index contributed by atoms with van der Waals surface area (Å²) in [4.78, 5) is 45.0. The number of aliphatic imine (C=N–C) groups is 1. The van der Waals surface area contributed by atoms with E-state index in [4.69, 9.17) is 9.15 Å². The maximum atomic E-state index is 13.4. The number of hydrogen-bond donors (Lipinski definition) is 3. The van der Waals surface area contributed by atoms with Gasteiger partial charge in [-0.05, 0) is 42.3 Å². The van der Waals surface area contributed by atoms with Crippen LogP contribution < -0.4 is 15.4 Å². The van der Waals surface area contributed by atoms with E-state index in [9.17, 15) is 14.4 Å². The van der Waals surface area contributed by atoms with Crippen LogP contribution in [0.1, 0.15) is 38.6 Å². The Hall–Kier alpha value is -4.67. The summed E-state index contributed by atoms with van der Waals surface area (Å²) < 4.78 is 11.4. The van der Waals surface area contributed by atoms with E-state index in [1.807, 2.05) is 18.2 Å². The SMILES string of the molecule is COc1ccc2c(c1)C(=O)N(C[C@@]1(c3cc4c(o3)C=CC(c3cn[nH]c3)=NC4)NC(=O)NC1=O)CC2. The van der Waals surface area contributed by atoms with E-state index in [-0.39, 0.29) is 18.2 Å². The van der Waals surface area contributed by atoms with Crippen LogP contribution in [0.25, 0.3) is 6.08 Å². The maximum Gasteiger partial charge on any atom is 0.322 e. The number of methoxy groups -OCH3 is 1. The van der Waals surface area contributed by atoms with Crippen LogP contribution in [0.4, 0.5) is 4.79 Å². The summed E-state index contributed by atoms with van der Waals surface area (Å²) >= 11 is 0. The number of nitrogens with zero attached hydrogens (tertiary/aromatic N) is 3. The number of hydrogen-bond acceptors (Lipinski definition) is 7. The van der Waals surface area contributed by atoms with Crippen molar-refractivity contribution in [3.63, 3.8) is 0 Å². The number of carbonyl (C=O) groups excluding carboxylic acids is 3. The molecule has 3 aromatic rings. The van der Waals surface area contributed by atoms with Crippen LogP contribution in [0.15, 0.2) is 52.1 Å². The molecule has 1 saturated heterocycles. The van der Waals surface area contributed by atoms with Crippen molar-refractivity contribution in [2.45, 2.75) is 18.5 Å². The van der Waals surface area contributed by atoms with Gasteiger partial charge in [0.15, 0.2) is 5.54 Å². The van der Waals surface area contributed by atoms with E-state index in [1.165, 1.54) is 7.11 Å². The first-order chi connectivity index (χ1) is 17.5. The summed E-state index contributed by atoms with van der Waals surface area (Å²) in [6, 6.07) is 6.46. The number of urea groups is 1. The average molecular weight is 486 g/mol.